The molecule has 0 saturated heterocycles. The van der Waals surface area contributed by atoms with Crippen LogP contribution in [0.4, 0.5) is 9.59 Å². The first-order chi connectivity index (χ1) is 69.4. The normalized spacial score (nSPS) is 25.5. The second-order valence-electron chi connectivity index (χ2n) is 40.0. The number of hydrogen-bond donors (Lipinski definition) is 10. The number of phosphoric acid groups is 1. The molecule has 0 aliphatic carbocycles. The second kappa shape index (κ2) is 66.4. The Morgan fingerprint density at radius 3 is 1.10 bits per heavy atom. The van der Waals surface area contributed by atoms with Crippen LogP contribution in [0.2, 0.25) is 0 Å². The highest BCUT2D eigenvalue weighted by Crippen LogP contribution is 2.38. The van der Waals surface area contributed by atoms with E-state index >= 15 is 0 Å². The molecule has 0 bridgehead atoms. The number of rotatable bonds is 34. The number of unbranched alkanes of at least 4 members (excludes halogenated alkanes) is 8. The largest absolute Gasteiger partial charge is 0.469 e. The number of carbonyl (C=O) groups excluding carboxylic acids is 16. The van der Waals surface area contributed by atoms with Crippen LogP contribution in [0.1, 0.15) is 252 Å². The van der Waals surface area contributed by atoms with Crippen LogP contribution in [0.15, 0.2) is 107 Å². The van der Waals surface area contributed by atoms with Crippen LogP contribution < -0.4 is 42.5 Å². The molecule has 42 heteroatoms. The van der Waals surface area contributed by atoms with E-state index in [0.717, 1.165) is 41.0 Å². The van der Waals surface area contributed by atoms with E-state index in [1.165, 1.54) is 91.7 Å². The average Bonchev–Trinajstić information content (AvgIpc) is 0.954. The number of phosphoric ester groups is 1. The molecule has 0 saturated carbocycles. The first kappa shape index (κ1) is 131. The molecule has 2 unspecified atom stereocenters. The van der Waals surface area contributed by atoms with Crippen LogP contribution in [0, 0.1) is 35.5 Å². The first-order valence-corrected chi connectivity index (χ1v) is 55.6. The van der Waals surface area contributed by atoms with Crippen LogP contribution in [0.25, 0.3) is 0 Å². The average molecular weight is 2120 g/mol. The third kappa shape index (κ3) is 47.8. The summed E-state index contributed by atoms with van der Waals surface area (Å²) in [7, 11) is -1.41. The molecule has 832 valence electrons. The lowest BCUT2D eigenvalue weighted by Gasteiger charge is -2.33. The van der Waals surface area contributed by atoms with Crippen molar-refractivity contribution in [2.24, 2.45) is 35.5 Å². The molecular weight excluding hydrogens is 1950 g/mol. The van der Waals surface area contributed by atoms with Gasteiger partial charge in [0.1, 0.15) is 72.8 Å². The summed E-state index contributed by atoms with van der Waals surface area (Å²) in [6.07, 6.45) is 6.33. The van der Waals surface area contributed by atoms with Crippen molar-refractivity contribution < 1.29 is 133 Å². The zero-order valence-electron chi connectivity index (χ0n) is 91.8. The van der Waals surface area contributed by atoms with Crippen LogP contribution >= 0.6 is 15.2 Å². The van der Waals surface area contributed by atoms with E-state index in [-0.39, 0.29) is 74.7 Å². The van der Waals surface area contributed by atoms with Gasteiger partial charge in [-0.25, -0.2) is 33.3 Å². The lowest BCUT2D eigenvalue weighted by atomic mass is 9.90. The fourth-order valence-electron chi connectivity index (χ4n) is 16.1. The number of cyclic esters (lactones) is 4. The van der Waals surface area contributed by atoms with Crippen molar-refractivity contribution in [3.63, 3.8) is 0 Å². The quantitative estimate of drug-likeness (QED) is 0.0102. The minimum atomic E-state index is -4.53. The molecule has 18 atom stereocenters. The Bertz CT molecular complexity index is 4590. The van der Waals surface area contributed by atoms with E-state index in [1.807, 2.05) is 47.6 Å². The summed E-state index contributed by atoms with van der Waals surface area (Å²) in [4.78, 5) is 245. The van der Waals surface area contributed by atoms with E-state index in [0.29, 0.717) is 81.2 Å². The topological polar surface area (TPSA) is 531 Å². The van der Waals surface area contributed by atoms with Crippen molar-refractivity contribution in [3.8, 4) is 0 Å². The Labute approximate surface area is 874 Å². The van der Waals surface area contributed by atoms with Crippen molar-refractivity contribution in [3.05, 3.63) is 118 Å². The minimum absolute atomic E-state index is 0.0508. The van der Waals surface area contributed by atoms with E-state index in [9.17, 15) is 85.8 Å². The van der Waals surface area contributed by atoms with Gasteiger partial charge in [0.15, 0.2) is 19.6 Å². The Kier molecular flexibility index (Phi) is 58.8. The van der Waals surface area contributed by atoms with Crippen molar-refractivity contribution in [2.45, 2.75) is 339 Å². The highest BCUT2D eigenvalue weighted by atomic mass is 31.2. The molecule has 2 aromatic carbocycles. The standard InChI is InChI=1S/C54H87N6O13P.C52H83N6O15P/c1-15-35(5)46-49(63)57-40(10)53(67)73-47(36(6)16-2)38(8)43(72-54(68)55-29-23-18-17-19-24-30-70-74(13,14)69)28-27-37(7)52(66)71-44(31-34(3)4)48(62)56-39(9)50(64)60(12)42(32-41-25-21-20-22-26-41)51(65)59(11)33-45(61)58-46;1-13-33(5)44-47(61)55-38(10)51(65)73-45(34(6)14-2)36(8)41(72-52(66)53-27-21-16-15-17-22-28-70-74(67,68)69)26-25-35(7)50(64)71-42(29-32(3)4)46(60)54-37(9)48(62)58(12)40(30-39-23-19-18-20-24-39)49(63)57(11)31-43(59)56-44/h16,20-22,25-27,34-35,38-40,42-44,46-47H,15,17-19,23-24,28-33H2,1-14H3,(H,55,68)(H,56,62)(H,57,63)(H,58,61);14,18-20,23-25,32-33,36-38,40-42,44-45H,13,15-17,21-22,26-31H2,1-12H3,(H,53,66)(H,54,60)(H,55,61)(H,56,59)(H2,67,68,69)/b36-16+,37-27+;34-14+,35-25+/t35?,38-,39-,40+,42+,43-,44+,46-,47+;33?,36-,37-,38+,40+,41-,42+,44-,45+/m00/s1. The molecule has 4 rings (SSSR count). The van der Waals surface area contributed by atoms with Gasteiger partial charge in [-0.2, -0.15) is 0 Å². The van der Waals surface area contributed by atoms with E-state index in [4.69, 9.17) is 42.7 Å². The molecule has 0 spiro atoms. The van der Waals surface area contributed by atoms with Gasteiger partial charge < -0.3 is 105 Å². The van der Waals surface area contributed by atoms with Crippen LogP contribution in [0.3, 0.4) is 0 Å². The maximum Gasteiger partial charge on any atom is 0.469 e. The highest BCUT2D eigenvalue weighted by Gasteiger charge is 2.43. The minimum Gasteiger partial charge on any atom is -0.456 e. The van der Waals surface area contributed by atoms with E-state index in [1.54, 1.807) is 135 Å². The van der Waals surface area contributed by atoms with E-state index in [2.05, 4.69) is 47.1 Å². The van der Waals surface area contributed by atoms with Gasteiger partial charge in [0.05, 0.1) is 26.3 Å². The van der Waals surface area contributed by atoms with Gasteiger partial charge in [-0.05, 0) is 154 Å². The highest BCUT2D eigenvalue weighted by molar-refractivity contribution is 7.57. The molecule has 12 amide bonds. The van der Waals surface area contributed by atoms with Gasteiger partial charge in [0, 0.05) is 103 Å². The second-order valence-corrected chi connectivity index (χ2v) is 44.0. The zero-order valence-corrected chi connectivity index (χ0v) is 93.6. The molecule has 0 fully saturated rings. The molecule has 0 radical (unpaired) electrons. The number of nitrogens with zero attached hydrogens (tertiary/aromatic N) is 4. The molecule has 2 aromatic rings. The summed E-state index contributed by atoms with van der Waals surface area (Å²) < 4.78 is 68.3. The van der Waals surface area contributed by atoms with Gasteiger partial charge in [-0.3, -0.25) is 57.0 Å². The number of esters is 4. The summed E-state index contributed by atoms with van der Waals surface area (Å²) in [5, 5.41) is 21.7. The third-order valence-corrected chi connectivity index (χ3v) is 27.3. The van der Waals surface area contributed by atoms with Gasteiger partial charge in [-0.1, -0.05) is 206 Å². The van der Waals surface area contributed by atoms with Crippen LogP contribution in [-0.2, 0) is 127 Å². The fraction of sp³-hybridized carbons (Fsp3) is 0.660. The van der Waals surface area contributed by atoms with Crippen LogP contribution in [0.5, 0.6) is 0 Å². The number of nitrogens with one attached hydrogen (secondary N) is 8. The predicted molar refractivity (Wildman–Crippen MR) is 560 cm³/mol. The lowest BCUT2D eigenvalue weighted by molar-refractivity contribution is -0.155. The number of alkyl carbamates (subject to hydrolysis) is 2. The summed E-state index contributed by atoms with van der Waals surface area (Å²) >= 11 is 0. The SMILES string of the molecule is C/C=C(\C)[C@H]1OC(=O)[C@@H](C)NC(=O)[C@H](C(C)CC)NC(=O)CN(C)C(=O)[C@@H](Cc2ccccc2)N(C)C(=O)[C@H](C)NC(=O)[C@@H](CC(C)C)OC(=O)/C(C)=C/C[C@H](OC(=O)NCCCCCCCOP(=O)(O)O)[C@@H]1C.C/C=C(\C)[C@H]1OC(=O)[C@@H](C)NC(=O)[C@H](C(C)CC)NC(=O)CN(C)C(=O)[C@@H](Cc2ccccc2)N(C)C(=O)[C@H](C)NC(=O)[C@@H](CC(C)C)OC(=O)/C(C)=C/C[C@H](OC(=O)NCCCCCCCOP(C)(C)=O)[C@@H]1C. The summed E-state index contributed by atoms with van der Waals surface area (Å²) in [5.41, 5.74) is 2.77. The van der Waals surface area contributed by atoms with Crippen molar-refractivity contribution in [2.75, 3.05) is 80.9 Å². The van der Waals surface area contributed by atoms with Crippen LogP contribution in [-0.4, -0.2) is 290 Å². The molecule has 40 nitrogen and oxygen atoms in total. The summed E-state index contributed by atoms with van der Waals surface area (Å²) in [6, 6.07) is 8.52. The number of ether oxygens (including phenoxy) is 6. The molecule has 2 aliphatic rings. The first-order valence-electron chi connectivity index (χ1n) is 51.5. The van der Waals surface area contributed by atoms with E-state index < -0.39 is 232 Å². The number of likely N-dealkylation sites (N-methyl/N-ethyl adjacent to an activating group) is 4. The molecule has 148 heavy (non-hydrogen) atoms. The summed E-state index contributed by atoms with van der Waals surface area (Å²) in [6.45, 7) is 36.7. The molecular formula is C106H170N12O28P2. The third-order valence-electron chi connectivity index (χ3n) is 26.0. The molecule has 10 N–H and O–H groups in total. The smallest absolute Gasteiger partial charge is 0.456 e. The maximum atomic E-state index is 14.3. The van der Waals surface area contributed by atoms with Gasteiger partial charge >= 0.3 is 43.9 Å². The predicted octanol–water partition coefficient (Wildman–Crippen LogP) is 11.5. The maximum absolute atomic E-state index is 14.3. The van der Waals surface area contributed by atoms with Gasteiger partial charge in [-0.15, -0.1) is 0 Å². The lowest BCUT2D eigenvalue weighted by Crippen LogP contribution is -2.57. The number of hydrogen-bond acceptors (Lipinski definition) is 26. The van der Waals surface area contributed by atoms with Crippen molar-refractivity contribution >= 4 is 110 Å². The van der Waals surface area contributed by atoms with Gasteiger partial charge in [0.25, 0.3) is 11.8 Å². The number of amides is 12. The number of benzene rings is 2. The molecule has 2 heterocycles. The Balaban J connectivity index is 0.000000760. The van der Waals surface area contributed by atoms with Crippen molar-refractivity contribution in [1.29, 1.82) is 0 Å². The molecule has 0 aromatic heterocycles. The number of carbonyl (C=O) groups is 16. The Morgan fingerprint density at radius 2 is 0.784 bits per heavy atom. The zero-order chi connectivity index (χ0) is 112. The molecule has 2 aliphatic heterocycles. The monoisotopic (exact) mass is 2120 g/mol. The fourth-order valence-corrected chi connectivity index (χ4v) is 17.0. The Hall–Kier alpha value is -11.2. The van der Waals surface area contributed by atoms with Crippen molar-refractivity contribution in [1.82, 2.24) is 62.1 Å². The summed E-state index contributed by atoms with van der Waals surface area (Å²) in [5.74, 6) is -12.6. The Morgan fingerprint density at radius 1 is 0.459 bits per heavy atom. The number of allylic oxidation sites excluding steroid dienone is 2. The van der Waals surface area contributed by atoms with Gasteiger partial charge in [0.2, 0.25) is 47.3 Å².